The topological polar surface area (TPSA) is 155 Å². The molecule has 9 heteroatoms. The van der Waals surface area contributed by atoms with Gasteiger partial charge in [-0.05, 0) is 42.5 Å². The highest BCUT2D eigenvalue weighted by Gasteiger charge is 2.16. The Hall–Kier alpha value is -3.88. The van der Waals surface area contributed by atoms with Crippen molar-refractivity contribution in [3.8, 4) is 5.75 Å². The summed E-state index contributed by atoms with van der Waals surface area (Å²) in [4.78, 5) is 35.7. The molecular weight excluding hydrogens is 436 g/mol. The molecule has 182 valence electrons. The number of aliphatic carboxylic acids is 1. The van der Waals surface area contributed by atoms with E-state index in [1.54, 1.807) is 31.4 Å². The van der Waals surface area contributed by atoms with Crippen LogP contribution in [0.1, 0.15) is 42.4 Å². The van der Waals surface area contributed by atoms with Gasteiger partial charge in [0.25, 0.3) is 0 Å². The molecule has 0 aromatic heterocycles. The van der Waals surface area contributed by atoms with E-state index in [2.05, 4.69) is 10.6 Å². The second-order valence-electron chi connectivity index (χ2n) is 7.99. The lowest BCUT2D eigenvalue weighted by Gasteiger charge is -2.17. The smallest absolute Gasteiger partial charge is 0.305 e. The zero-order valence-corrected chi connectivity index (χ0v) is 19.3. The zero-order chi connectivity index (χ0) is 24.9. The number of hydrogen-bond donors (Lipinski definition) is 5. The summed E-state index contributed by atoms with van der Waals surface area (Å²) in [5.41, 5.74) is 7.81. The summed E-state index contributed by atoms with van der Waals surface area (Å²) in [6.07, 6.45) is 1.78. The minimum absolute atomic E-state index is 0.0280. The predicted molar refractivity (Wildman–Crippen MR) is 129 cm³/mol. The lowest BCUT2D eigenvalue weighted by atomic mass is 10.1. The first-order valence-electron chi connectivity index (χ1n) is 11.1. The Morgan fingerprint density at radius 1 is 1.03 bits per heavy atom. The molecule has 0 bridgehead atoms. The minimum atomic E-state index is -0.988. The molecule has 0 saturated carbocycles. The van der Waals surface area contributed by atoms with Crippen LogP contribution in [0.4, 0.5) is 0 Å². The molecule has 1 atom stereocenters. The van der Waals surface area contributed by atoms with Crippen LogP contribution in [0.15, 0.2) is 48.5 Å². The van der Waals surface area contributed by atoms with Gasteiger partial charge in [-0.1, -0.05) is 36.4 Å². The SMILES string of the molecule is COc1ccc(CCC(=O)NC(CCCNC(=O)Cc2ccc(C(=N)N)cc2)CC(=O)O)cc1. The Bertz CT molecular complexity index is 974. The molecule has 0 aliphatic carbocycles. The number of aryl methyl sites for hydroxylation is 1. The van der Waals surface area contributed by atoms with Crippen LogP contribution in [0.5, 0.6) is 5.75 Å². The number of nitrogens with two attached hydrogens (primary N) is 1. The molecule has 1 unspecified atom stereocenters. The lowest BCUT2D eigenvalue weighted by Crippen LogP contribution is -2.37. The number of ether oxygens (including phenoxy) is 1. The number of nitrogen functional groups attached to an aromatic ring is 1. The second kappa shape index (κ2) is 13.6. The first-order valence-corrected chi connectivity index (χ1v) is 11.1. The van der Waals surface area contributed by atoms with Gasteiger partial charge < -0.3 is 26.2 Å². The maximum absolute atomic E-state index is 12.3. The van der Waals surface area contributed by atoms with Crippen molar-refractivity contribution >= 4 is 23.6 Å². The molecule has 0 radical (unpaired) electrons. The van der Waals surface area contributed by atoms with Crippen LogP contribution in [0.25, 0.3) is 0 Å². The van der Waals surface area contributed by atoms with Gasteiger partial charge in [-0.3, -0.25) is 19.8 Å². The van der Waals surface area contributed by atoms with Crippen LogP contribution >= 0.6 is 0 Å². The highest BCUT2D eigenvalue weighted by molar-refractivity contribution is 5.95. The zero-order valence-electron chi connectivity index (χ0n) is 19.3. The van der Waals surface area contributed by atoms with E-state index >= 15 is 0 Å². The molecule has 0 aliphatic rings. The fourth-order valence-corrected chi connectivity index (χ4v) is 3.41. The number of carbonyl (C=O) groups excluding carboxylic acids is 2. The number of benzene rings is 2. The number of amidine groups is 1. The standard InChI is InChI=1S/C25H32N4O5/c1-34-21-11-6-17(7-12-21)8-13-22(30)29-20(16-24(32)33)3-2-14-28-23(31)15-18-4-9-19(10-5-18)25(26)27/h4-7,9-12,20H,2-3,8,13-16H2,1H3,(H3,26,27)(H,28,31)(H,29,30)(H,32,33). The van der Waals surface area contributed by atoms with Gasteiger partial charge in [-0.15, -0.1) is 0 Å². The number of carboxylic acid groups (broad SMARTS) is 1. The Balaban J connectivity index is 1.72. The Morgan fingerprint density at radius 3 is 2.26 bits per heavy atom. The van der Waals surface area contributed by atoms with Crippen LogP contribution < -0.4 is 21.1 Å². The number of hydrogen-bond acceptors (Lipinski definition) is 5. The molecule has 0 saturated heterocycles. The average molecular weight is 469 g/mol. The molecule has 34 heavy (non-hydrogen) atoms. The van der Waals surface area contributed by atoms with Crippen molar-refractivity contribution in [2.24, 2.45) is 5.73 Å². The third-order valence-electron chi connectivity index (χ3n) is 5.27. The van der Waals surface area contributed by atoms with Crippen molar-refractivity contribution in [3.05, 3.63) is 65.2 Å². The number of carboxylic acids is 1. The van der Waals surface area contributed by atoms with E-state index in [-0.39, 0.29) is 36.9 Å². The molecule has 2 aromatic carbocycles. The lowest BCUT2D eigenvalue weighted by molar-refractivity contribution is -0.137. The van der Waals surface area contributed by atoms with E-state index in [9.17, 15) is 14.4 Å². The summed E-state index contributed by atoms with van der Waals surface area (Å²) < 4.78 is 5.12. The van der Waals surface area contributed by atoms with Gasteiger partial charge in [-0.25, -0.2) is 0 Å². The Labute approximate surface area is 199 Å². The Kier molecular flexibility index (Phi) is 10.6. The largest absolute Gasteiger partial charge is 0.497 e. The normalized spacial score (nSPS) is 11.3. The number of methoxy groups -OCH3 is 1. The van der Waals surface area contributed by atoms with E-state index in [1.165, 1.54) is 0 Å². The van der Waals surface area contributed by atoms with Gasteiger partial charge in [0.1, 0.15) is 11.6 Å². The van der Waals surface area contributed by atoms with E-state index in [4.69, 9.17) is 21.0 Å². The first-order chi connectivity index (χ1) is 16.3. The molecule has 2 rings (SSSR count). The molecule has 2 aromatic rings. The molecule has 0 fully saturated rings. The van der Waals surface area contributed by atoms with Crippen LogP contribution in [0.3, 0.4) is 0 Å². The van der Waals surface area contributed by atoms with E-state index < -0.39 is 12.0 Å². The van der Waals surface area contributed by atoms with E-state index in [0.717, 1.165) is 16.9 Å². The fourth-order valence-electron chi connectivity index (χ4n) is 3.41. The molecule has 2 amide bonds. The molecule has 0 spiro atoms. The predicted octanol–water partition coefficient (Wildman–Crippen LogP) is 2.01. The van der Waals surface area contributed by atoms with Crippen molar-refractivity contribution < 1.29 is 24.2 Å². The molecule has 9 nitrogen and oxygen atoms in total. The number of carbonyl (C=O) groups is 3. The van der Waals surface area contributed by atoms with E-state index in [0.29, 0.717) is 31.4 Å². The van der Waals surface area contributed by atoms with Crippen LogP contribution in [-0.2, 0) is 27.2 Å². The van der Waals surface area contributed by atoms with Gasteiger partial charge in [0.05, 0.1) is 20.0 Å². The molecule has 0 aliphatic heterocycles. The number of rotatable bonds is 14. The van der Waals surface area contributed by atoms with Crippen molar-refractivity contribution in [2.45, 2.75) is 44.6 Å². The first kappa shape index (κ1) is 26.4. The minimum Gasteiger partial charge on any atom is -0.497 e. The van der Waals surface area contributed by atoms with Crippen LogP contribution in [0.2, 0.25) is 0 Å². The molecular formula is C25H32N4O5. The van der Waals surface area contributed by atoms with Crippen molar-refractivity contribution in [1.29, 1.82) is 5.41 Å². The van der Waals surface area contributed by atoms with Crippen molar-refractivity contribution in [2.75, 3.05) is 13.7 Å². The monoisotopic (exact) mass is 468 g/mol. The second-order valence-corrected chi connectivity index (χ2v) is 7.99. The summed E-state index contributed by atoms with van der Waals surface area (Å²) >= 11 is 0. The van der Waals surface area contributed by atoms with Crippen molar-refractivity contribution in [3.63, 3.8) is 0 Å². The maximum Gasteiger partial charge on any atom is 0.305 e. The third-order valence-corrected chi connectivity index (χ3v) is 5.27. The quantitative estimate of drug-likeness (QED) is 0.162. The summed E-state index contributed by atoms with van der Waals surface area (Å²) in [5, 5.41) is 22.2. The Morgan fingerprint density at radius 2 is 1.68 bits per heavy atom. The summed E-state index contributed by atoms with van der Waals surface area (Å²) in [7, 11) is 1.59. The highest BCUT2D eigenvalue weighted by atomic mass is 16.5. The average Bonchev–Trinajstić information content (AvgIpc) is 2.80. The van der Waals surface area contributed by atoms with Crippen LogP contribution in [0, 0.1) is 5.41 Å². The highest BCUT2D eigenvalue weighted by Crippen LogP contribution is 2.13. The summed E-state index contributed by atoms with van der Waals surface area (Å²) in [5.74, 6) is -0.639. The summed E-state index contributed by atoms with van der Waals surface area (Å²) in [6, 6.07) is 13.8. The summed E-state index contributed by atoms with van der Waals surface area (Å²) in [6.45, 7) is 0.377. The van der Waals surface area contributed by atoms with Crippen molar-refractivity contribution in [1.82, 2.24) is 10.6 Å². The third kappa shape index (κ3) is 9.72. The fraction of sp³-hybridized carbons (Fsp3) is 0.360. The van der Waals surface area contributed by atoms with Gasteiger partial charge >= 0.3 is 5.97 Å². The van der Waals surface area contributed by atoms with E-state index in [1.807, 2.05) is 24.3 Å². The maximum atomic E-state index is 12.3. The van der Waals surface area contributed by atoms with Gasteiger partial charge in [0.15, 0.2) is 0 Å². The molecule has 6 N–H and O–H groups in total. The van der Waals surface area contributed by atoms with Gasteiger partial charge in [0, 0.05) is 24.6 Å². The molecule has 0 heterocycles. The van der Waals surface area contributed by atoms with Gasteiger partial charge in [0.2, 0.25) is 11.8 Å². The van der Waals surface area contributed by atoms with Crippen LogP contribution in [-0.4, -0.2) is 48.4 Å². The van der Waals surface area contributed by atoms with Gasteiger partial charge in [-0.2, -0.15) is 0 Å². The number of nitrogens with one attached hydrogen (secondary N) is 3. The number of amides is 2.